The first-order chi connectivity index (χ1) is 12.2. The van der Waals surface area contributed by atoms with E-state index in [2.05, 4.69) is 16.4 Å². The van der Waals surface area contributed by atoms with Crippen molar-refractivity contribution >= 4 is 5.91 Å². The zero-order chi connectivity index (χ0) is 17.2. The number of ether oxygens (including phenoxy) is 2. The molecule has 1 aliphatic heterocycles. The third kappa shape index (κ3) is 3.60. The fourth-order valence-electron chi connectivity index (χ4n) is 3.25. The number of carbonyl (C=O) groups excluding carboxylic acids is 1. The van der Waals surface area contributed by atoms with E-state index in [1.807, 2.05) is 37.4 Å². The van der Waals surface area contributed by atoms with Crippen molar-refractivity contribution in [1.29, 1.82) is 0 Å². The Morgan fingerprint density at radius 2 is 2.04 bits per heavy atom. The topological polar surface area (TPSA) is 60.5 Å². The molecule has 1 aromatic heterocycles. The molecule has 25 heavy (non-hydrogen) atoms. The van der Waals surface area contributed by atoms with E-state index in [4.69, 9.17) is 9.47 Å². The Morgan fingerprint density at radius 3 is 2.84 bits per heavy atom. The van der Waals surface area contributed by atoms with Crippen molar-refractivity contribution in [2.24, 2.45) is 5.92 Å². The van der Waals surface area contributed by atoms with Gasteiger partial charge in [0, 0.05) is 24.4 Å². The van der Waals surface area contributed by atoms with Gasteiger partial charge in [0.25, 0.3) is 0 Å². The minimum Gasteiger partial charge on any atom is -0.486 e. The van der Waals surface area contributed by atoms with Crippen molar-refractivity contribution in [3.63, 3.8) is 0 Å². The van der Waals surface area contributed by atoms with Crippen LogP contribution in [-0.2, 0) is 11.2 Å². The number of carbonyl (C=O) groups is 1. The van der Waals surface area contributed by atoms with Crippen molar-refractivity contribution < 1.29 is 14.3 Å². The summed E-state index contributed by atoms with van der Waals surface area (Å²) in [5, 5.41) is 3.05. The summed E-state index contributed by atoms with van der Waals surface area (Å²) in [5.41, 5.74) is 3.31. The number of aryl methyl sites for hydroxylation is 1. The molecule has 2 atom stereocenters. The number of aromatic nitrogens is 1. The number of hydrogen-bond donors (Lipinski definition) is 1. The standard InChI is InChI=1S/C20H22N2O3/c1-13-2-3-14(12-22-13)6-7-21-20(23)17-11-16(17)15-4-5-18-19(10-15)25-9-8-24-18/h2-5,10,12,16-17H,6-9,11H2,1H3,(H,21,23)/t16-,17-/m1/s1. The maximum atomic E-state index is 12.3. The maximum absolute atomic E-state index is 12.3. The summed E-state index contributed by atoms with van der Waals surface area (Å²) in [6.45, 7) is 3.79. The maximum Gasteiger partial charge on any atom is 0.223 e. The van der Waals surface area contributed by atoms with Crippen molar-refractivity contribution in [2.45, 2.75) is 25.7 Å². The Balaban J connectivity index is 1.29. The summed E-state index contributed by atoms with van der Waals surface area (Å²) in [7, 11) is 0. The first-order valence-electron chi connectivity index (χ1n) is 8.79. The number of rotatable bonds is 5. The molecule has 1 aliphatic carbocycles. The van der Waals surface area contributed by atoms with E-state index < -0.39 is 0 Å². The molecule has 130 valence electrons. The number of fused-ring (bicyclic) bond motifs is 1. The highest BCUT2D eigenvalue weighted by Gasteiger charge is 2.44. The summed E-state index contributed by atoms with van der Waals surface area (Å²) >= 11 is 0. The lowest BCUT2D eigenvalue weighted by Crippen LogP contribution is -2.27. The van der Waals surface area contributed by atoms with Gasteiger partial charge in [-0.1, -0.05) is 12.1 Å². The summed E-state index contributed by atoms with van der Waals surface area (Å²) in [6, 6.07) is 10.1. The second kappa shape index (κ2) is 6.75. The molecule has 0 bridgehead atoms. The zero-order valence-corrected chi connectivity index (χ0v) is 14.3. The molecule has 1 saturated carbocycles. The summed E-state index contributed by atoms with van der Waals surface area (Å²) in [6.07, 6.45) is 3.58. The summed E-state index contributed by atoms with van der Waals surface area (Å²) in [5.74, 6) is 2.08. The monoisotopic (exact) mass is 338 g/mol. The Kier molecular flexibility index (Phi) is 4.30. The van der Waals surface area contributed by atoms with Gasteiger partial charge in [0.1, 0.15) is 13.2 Å². The van der Waals surface area contributed by atoms with Crippen LogP contribution in [0.3, 0.4) is 0 Å². The minimum absolute atomic E-state index is 0.0682. The Hall–Kier alpha value is -2.56. The molecule has 4 rings (SSSR count). The van der Waals surface area contributed by atoms with Gasteiger partial charge in [0.2, 0.25) is 5.91 Å². The highest BCUT2D eigenvalue weighted by molar-refractivity contribution is 5.83. The van der Waals surface area contributed by atoms with Crippen LogP contribution in [0.1, 0.15) is 29.2 Å². The Bertz CT molecular complexity index is 773. The van der Waals surface area contributed by atoms with Gasteiger partial charge in [-0.05, 0) is 55.0 Å². The number of nitrogens with one attached hydrogen (secondary N) is 1. The molecule has 0 radical (unpaired) electrons. The number of nitrogens with zero attached hydrogens (tertiary/aromatic N) is 1. The molecule has 1 amide bonds. The molecule has 1 fully saturated rings. The Morgan fingerprint density at radius 1 is 1.20 bits per heavy atom. The molecular weight excluding hydrogens is 316 g/mol. The highest BCUT2D eigenvalue weighted by atomic mass is 16.6. The van der Waals surface area contributed by atoms with E-state index in [1.165, 1.54) is 0 Å². The summed E-state index contributed by atoms with van der Waals surface area (Å²) < 4.78 is 11.2. The third-order valence-corrected chi connectivity index (χ3v) is 4.81. The van der Waals surface area contributed by atoms with E-state index in [1.54, 1.807) is 0 Å². The molecule has 0 saturated heterocycles. The molecule has 2 aromatic rings. The van der Waals surface area contributed by atoms with Crippen molar-refractivity contribution in [3.05, 3.63) is 53.3 Å². The number of benzene rings is 1. The van der Waals surface area contributed by atoms with Crippen LogP contribution in [0.25, 0.3) is 0 Å². The molecule has 5 nitrogen and oxygen atoms in total. The predicted octanol–water partition coefficient (Wildman–Crippen LogP) is 2.62. The van der Waals surface area contributed by atoms with Gasteiger partial charge >= 0.3 is 0 Å². The molecule has 0 unspecified atom stereocenters. The van der Waals surface area contributed by atoms with Gasteiger partial charge < -0.3 is 14.8 Å². The normalized spacial score (nSPS) is 20.8. The van der Waals surface area contributed by atoms with Gasteiger partial charge in [-0.2, -0.15) is 0 Å². The number of pyridine rings is 1. The van der Waals surface area contributed by atoms with Crippen molar-refractivity contribution in [3.8, 4) is 11.5 Å². The third-order valence-electron chi connectivity index (χ3n) is 4.81. The average molecular weight is 338 g/mol. The van der Waals surface area contributed by atoms with E-state index >= 15 is 0 Å². The SMILES string of the molecule is Cc1ccc(CCNC(=O)[C@@H]2C[C@@H]2c2ccc3c(c2)OCCO3)cn1. The van der Waals surface area contributed by atoms with Crippen LogP contribution in [0.4, 0.5) is 0 Å². The van der Waals surface area contributed by atoms with Gasteiger partial charge in [-0.3, -0.25) is 9.78 Å². The molecular formula is C20H22N2O3. The number of amides is 1. The largest absolute Gasteiger partial charge is 0.486 e. The van der Waals surface area contributed by atoms with Crippen LogP contribution in [-0.4, -0.2) is 30.6 Å². The van der Waals surface area contributed by atoms with E-state index in [9.17, 15) is 4.79 Å². The predicted molar refractivity (Wildman–Crippen MR) is 94.0 cm³/mol. The second-order valence-electron chi connectivity index (χ2n) is 6.70. The van der Waals surface area contributed by atoms with E-state index in [0.29, 0.717) is 19.8 Å². The fraction of sp³-hybridized carbons (Fsp3) is 0.400. The van der Waals surface area contributed by atoms with Gasteiger partial charge in [-0.25, -0.2) is 0 Å². The van der Waals surface area contributed by atoms with Crippen molar-refractivity contribution in [1.82, 2.24) is 10.3 Å². The van der Waals surface area contributed by atoms with Gasteiger partial charge in [-0.15, -0.1) is 0 Å². The van der Waals surface area contributed by atoms with Crippen LogP contribution in [0.2, 0.25) is 0 Å². The summed E-state index contributed by atoms with van der Waals surface area (Å²) in [4.78, 5) is 16.6. The lowest BCUT2D eigenvalue weighted by Gasteiger charge is -2.18. The quantitative estimate of drug-likeness (QED) is 0.910. The lowest BCUT2D eigenvalue weighted by atomic mass is 10.1. The highest BCUT2D eigenvalue weighted by Crippen LogP contribution is 2.49. The molecule has 5 heteroatoms. The second-order valence-corrected chi connectivity index (χ2v) is 6.70. The van der Waals surface area contributed by atoms with Crippen molar-refractivity contribution in [2.75, 3.05) is 19.8 Å². The zero-order valence-electron chi connectivity index (χ0n) is 14.3. The van der Waals surface area contributed by atoms with E-state index in [0.717, 1.165) is 41.2 Å². The van der Waals surface area contributed by atoms with Gasteiger partial charge in [0.05, 0.1) is 0 Å². The van der Waals surface area contributed by atoms with Crippen LogP contribution in [0.15, 0.2) is 36.5 Å². The molecule has 2 aliphatic rings. The minimum atomic E-state index is 0.0682. The fourth-order valence-corrected chi connectivity index (χ4v) is 3.25. The Labute approximate surface area is 147 Å². The molecule has 0 spiro atoms. The average Bonchev–Trinajstić information content (AvgIpc) is 3.44. The number of hydrogen-bond acceptors (Lipinski definition) is 4. The smallest absolute Gasteiger partial charge is 0.223 e. The first-order valence-corrected chi connectivity index (χ1v) is 8.79. The van der Waals surface area contributed by atoms with Crippen LogP contribution < -0.4 is 14.8 Å². The molecule has 2 heterocycles. The molecule has 1 aromatic carbocycles. The molecule has 1 N–H and O–H groups in total. The first kappa shape index (κ1) is 15.9. The van der Waals surface area contributed by atoms with Gasteiger partial charge in [0.15, 0.2) is 11.5 Å². The van der Waals surface area contributed by atoms with Crippen LogP contribution >= 0.6 is 0 Å². The van der Waals surface area contributed by atoms with Crippen LogP contribution in [0.5, 0.6) is 11.5 Å². The lowest BCUT2D eigenvalue weighted by molar-refractivity contribution is -0.122. The van der Waals surface area contributed by atoms with Crippen LogP contribution in [0, 0.1) is 12.8 Å². The van der Waals surface area contributed by atoms with E-state index in [-0.39, 0.29) is 17.7 Å².